The second kappa shape index (κ2) is 23.6. The summed E-state index contributed by atoms with van der Waals surface area (Å²) in [5, 5.41) is 0. The summed E-state index contributed by atoms with van der Waals surface area (Å²) in [6.07, 6.45) is 1.03. The lowest BCUT2D eigenvalue weighted by Gasteiger charge is -2.25. The van der Waals surface area contributed by atoms with Gasteiger partial charge in [-0.15, -0.1) is 0 Å². The Morgan fingerprint density at radius 3 is 0.833 bits per heavy atom. The number of hydrogen-bond donors (Lipinski definition) is 0. The first kappa shape index (κ1) is 35.0. The van der Waals surface area contributed by atoms with Gasteiger partial charge in [0.25, 0.3) is 0 Å². The molecule has 0 fully saturated rings. The number of hydrogen-bond acceptors (Lipinski definition) is 0. The van der Waals surface area contributed by atoms with E-state index in [1.807, 2.05) is 55.4 Å². The molecule has 0 nitrogen and oxygen atoms in total. The van der Waals surface area contributed by atoms with E-state index in [-0.39, 0.29) is 5.41 Å². The smallest absolute Gasteiger partial charge is 0.0146 e. The van der Waals surface area contributed by atoms with Crippen LogP contribution in [0.15, 0.2) is 121 Å². The van der Waals surface area contributed by atoms with Gasteiger partial charge in [-0.25, -0.2) is 0 Å². The van der Waals surface area contributed by atoms with Gasteiger partial charge in [0.05, 0.1) is 0 Å². The lowest BCUT2D eigenvalue weighted by molar-refractivity contribution is 0.641. The average Bonchev–Trinajstić information content (AvgIpc) is 3.00. The Morgan fingerprint density at radius 2 is 0.583 bits per heavy atom. The molecular weight excluding hydrogens is 432 g/mol. The number of benzene rings is 4. The summed E-state index contributed by atoms with van der Waals surface area (Å²) >= 11 is 0. The van der Waals surface area contributed by atoms with E-state index in [0.717, 1.165) is 6.42 Å². The van der Waals surface area contributed by atoms with E-state index < -0.39 is 0 Å². The second-order valence-corrected chi connectivity index (χ2v) is 7.51. The quantitative estimate of drug-likeness (QED) is 0.270. The van der Waals surface area contributed by atoms with E-state index in [4.69, 9.17) is 0 Å². The predicted octanol–water partition coefficient (Wildman–Crippen LogP) is 11.4. The van der Waals surface area contributed by atoms with Crippen LogP contribution in [0.2, 0.25) is 0 Å². The van der Waals surface area contributed by atoms with Gasteiger partial charge in [-0.1, -0.05) is 191 Å². The third kappa shape index (κ3) is 13.7. The Morgan fingerprint density at radius 1 is 0.361 bits per heavy atom. The Bertz CT molecular complexity index is 845. The third-order valence-corrected chi connectivity index (χ3v) is 5.08. The molecule has 196 valence electrons. The fourth-order valence-electron chi connectivity index (χ4n) is 3.30. The summed E-state index contributed by atoms with van der Waals surface area (Å²) in [6.45, 7) is 20.5. The molecule has 0 atom stereocenters. The highest BCUT2D eigenvalue weighted by Crippen LogP contribution is 2.30. The van der Waals surface area contributed by atoms with E-state index in [1.165, 1.54) is 22.3 Å². The van der Waals surface area contributed by atoms with Gasteiger partial charge in [0.2, 0.25) is 0 Å². The zero-order valence-corrected chi connectivity index (χ0v) is 24.8. The van der Waals surface area contributed by atoms with Crippen molar-refractivity contribution in [2.45, 2.75) is 81.1 Å². The molecule has 4 rings (SSSR count). The fourth-order valence-corrected chi connectivity index (χ4v) is 3.30. The molecule has 0 bridgehead atoms. The van der Waals surface area contributed by atoms with Gasteiger partial charge >= 0.3 is 0 Å². The largest absolute Gasteiger partial charge is 0.0683 e. The molecule has 4 aromatic rings. The average molecular weight is 485 g/mol. The number of rotatable bonds is 4. The SMILES string of the molecule is CC.CC.CC.CC.CC(C)(c1ccccc1)c1ccccc1.c1ccc(Cc2ccccc2)cc1. The Balaban J connectivity index is 0. The molecule has 0 aliphatic carbocycles. The monoisotopic (exact) mass is 484 g/mol. The van der Waals surface area contributed by atoms with Crippen LogP contribution >= 0.6 is 0 Å². The minimum atomic E-state index is 0.0858. The van der Waals surface area contributed by atoms with Crippen LogP contribution in [-0.4, -0.2) is 0 Å². The molecule has 0 saturated heterocycles. The standard InChI is InChI=1S/C15H16.C13H12.4C2H6/c1-15(2,13-9-5-3-6-10-13)14-11-7-4-8-12-14;1-3-7-12(8-4-1)11-13-9-5-2-6-10-13;4*1-2/h3-12H,1-2H3;1-10H,11H2;4*1-2H3. The van der Waals surface area contributed by atoms with Crippen molar-refractivity contribution in [3.8, 4) is 0 Å². The van der Waals surface area contributed by atoms with Gasteiger partial charge in [-0.05, 0) is 28.7 Å². The molecule has 0 N–H and O–H groups in total. The molecule has 36 heavy (non-hydrogen) atoms. The van der Waals surface area contributed by atoms with Crippen LogP contribution in [-0.2, 0) is 11.8 Å². The molecule has 0 amide bonds. The Labute approximate surface area is 224 Å². The van der Waals surface area contributed by atoms with Crippen molar-refractivity contribution in [3.63, 3.8) is 0 Å². The van der Waals surface area contributed by atoms with Crippen LogP contribution in [0.25, 0.3) is 0 Å². The summed E-state index contributed by atoms with van der Waals surface area (Å²) < 4.78 is 0. The summed E-state index contributed by atoms with van der Waals surface area (Å²) in [6, 6.07) is 42.3. The van der Waals surface area contributed by atoms with E-state index in [9.17, 15) is 0 Å². The van der Waals surface area contributed by atoms with E-state index in [1.54, 1.807) is 0 Å². The van der Waals surface area contributed by atoms with Crippen LogP contribution in [0, 0.1) is 0 Å². The maximum Gasteiger partial charge on any atom is 0.0146 e. The van der Waals surface area contributed by atoms with Gasteiger partial charge in [-0.3, -0.25) is 0 Å². The van der Waals surface area contributed by atoms with Crippen molar-refractivity contribution in [2.75, 3.05) is 0 Å². The maximum atomic E-state index is 2.26. The highest BCUT2D eigenvalue weighted by molar-refractivity contribution is 5.37. The zero-order valence-electron chi connectivity index (χ0n) is 24.8. The van der Waals surface area contributed by atoms with Crippen LogP contribution in [0.5, 0.6) is 0 Å². The van der Waals surface area contributed by atoms with Crippen molar-refractivity contribution < 1.29 is 0 Å². The van der Waals surface area contributed by atoms with Gasteiger partial charge in [0.1, 0.15) is 0 Å². The third-order valence-electron chi connectivity index (χ3n) is 5.08. The van der Waals surface area contributed by atoms with Crippen molar-refractivity contribution in [3.05, 3.63) is 144 Å². The van der Waals surface area contributed by atoms with Gasteiger partial charge in [-0.2, -0.15) is 0 Å². The summed E-state index contributed by atoms with van der Waals surface area (Å²) in [7, 11) is 0. The molecular formula is C36H52. The minimum Gasteiger partial charge on any atom is -0.0683 e. The van der Waals surface area contributed by atoms with Gasteiger partial charge in [0.15, 0.2) is 0 Å². The van der Waals surface area contributed by atoms with Crippen molar-refractivity contribution in [1.82, 2.24) is 0 Å². The van der Waals surface area contributed by atoms with Gasteiger partial charge in [0, 0.05) is 5.41 Å². The summed E-state index contributed by atoms with van der Waals surface area (Å²) in [4.78, 5) is 0. The van der Waals surface area contributed by atoms with Crippen LogP contribution < -0.4 is 0 Å². The lowest BCUT2D eigenvalue weighted by Crippen LogP contribution is -2.18. The van der Waals surface area contributed by atoms with E-state index in [0.29, 0.717) is 0 Å². The topological polar surface area (TPSA) is 0 Å². The minimum absolute atomic E-state index is 0.0858. The molecule has 0 spiro atoms. The highest BCUT2D eigenvalue weighted by Gasteiger charge is 2.21. The van der Waals surface area contributed by atoms with Gasteiger partial charge < -0.3 is 0 Å². The van der Waals surface area contributed by atoms with E-state index >= 15 is 0 Å². The molecule has 0 saturated carbocycles. The normalized spacial score (nSPS) is 8.94. The lowest BCUT2D eigenvalue weighted by atomic mass is 9.78. The first-order valence-electron chi connectivity index (χ1n) is 13.8. The predicted molar refractivity (Wildman–Crippen MR) is 166 cm³/mol. The maximum absolute atomic E-state index is 2.26. The second-order valence-electron chi connectivity index (χ2n) is 7.51. The van der Waals surface area contributed by atoms with E-state index in [2.05, 4.69) is 135 Å². The summed E-state index contributed by atoms with van der Waals surface area (Å²) in [5.74, 6) is 0. The molecule has 0 aromatic heterocycles. The summed E-state index contributed by atoms with van der Waals surface area (Å²) in [5.41, 5.74) is 5.54. The molecule has 0 unspecified atom stereocenters. The Hall–Kier alpha value is -3.12. The Kier molecular flexibility index (Phi) is 23.0. The van der Waals surface area contributed by atoms with Crippen molar-refractivity contribution in [1.29, 1.82) is 0 Å². The first-order valence-corrected chi connectivity index (χ1v) is 13.8. The van der Waals surface area contributed by atoms with Crippen LogP contribution in [0.4, 0.5) is 0 Å². The van der Waals surface area contributed by atoms with Crippen molar-refractivity contribution in [2.24, 2.45) is 0 Å². The molecule has 0 radical (unpaired) electrons. The molecule has 4 aromatic carbocycles. The molecule has 0 heteroatoms. The van der Waals surface area contributed by atoms with Crippen LogP contribution in [0.1, 0.15) is 91.5 Å². The molecule has 0 aliphatic heterocycles. The van der Waals surface area contributed by atoms with Crippen molar-refractivity contribution >= 4 is 0 Å². The molecule has 0 heterocycles. The fraction of sp³-hybridized carbons (Fsp3) is 0.333. The zero-order chi connectivity index (χ0) is 27.7. The highest BCUT2D eigenvalue weighted by atomic mass is 14.2. The van der Waals surface area contributed by atoms with Crippen LogP contribution in [0.3, 0.4) is 0 Å². The first-order chi connectivity index (χ1) is 17.7. The molecule has 0 aliphatic rings.